The van der Waals surface area contributed by atoms with E-state index >= 15 is 0 Å². The average molecular weight is 854 g/mol. The Kier molecular flexibility index (Phi) is 4.69. The van der Waals surface area contributed by atoms with E-state index in [1.54, 1.807) is 12.1 Å². The van der Waals surface area contributed by atoms with Gasteiger partial charge in [0.2, 0.25) is 0 Å². The second-order valence-electron chi connectivity index (χ2n) is 15.2. The van der Waals surface area contributed by atoms with Crippen LogP contribution in [0.1, 0.15) is 30.2 Å². The molecule has 0 aliphatic heterocycles. The van der Waals surface area contributed by atoms with Crippen LogP contribution in [0.2, 0.25) is 0 Å². The summed E-state index contributed by atoms with van der Waals surface area (Å²) < 4.78 is 209. The number of para-hydroxylation sites is 4. The average Bonchev–Trinajstić information content (AvgIpc) is 1.54. The molecule has 4 heteroatoms. The van der Waals surface area contributed by atoms with Crippen molar-refractivity contribution in [2.45, 2.75) is 0 Å². The molecule has 0 unspecified atom stereocenters. The van der Waals surface area contributed by atoms with Gasteiger partial charge in [-0.05, 0) is 93.3 Å². The van der Waals surface area contributed by atoms with Gasteiger partial charge in [0.25, 0.3) is 0 Å². The molecule has 0 amide bonds. The molecule has 0 bridgehead atoms. The monoisotopic (exact) mass is 853 g/mol. The van der Waals surface area contributed by atoms with Crippen molar-refractivity contribution in [3.05, 3.63) is 248 Å². The molecule has 300 valence electrons. The lowest BCUT2D eigenvalue weighted by Crippen LogP contribution is -2.74. The zero-order valence-corrected chi connectivity index (χ0v) is 34.3. The molecule has 0 fully saturated rings. The first-order chi connectivity index (χ1) is 40.9. The lowest BCUT2D eigenvalue weighted by Gasteiger charge is -2.34. The lowest BCUT2D eigenvalue weighted by molar-refractivity contribution is 1.16. The summed E-state index contributed by atoms with van der Waals surface area (Å²) >= 11 is 0. The van der Waals surface area contributed by atoms with Crippen LogP contribution in [0.4, 0.5) is 0 Å². The van der Waals surface area contributed by atoms with E-state index in [1.165, 1.54) is 4.57 Å². The van der Waals surface area contributed by atoms with Crippen LogP contribution in [-0.4, -0.2) is 21.8 Å². The fourth-order valence-corrected chi connectivity index (χ4v) is 14.1. The van der Waals surface area contributed by atoms with Crippen LogP contribution in [-0.2, 0) is 0 Å². The van der Waals surface area contributed by atoms with Gasteiger partial charge in [0.05, 0.1) is 63.3 Å². The maximum atomic E-state index is 10.5. The van der Waals surface area contributed by atoms with Crippen molar-refractivity contribution in [3.63, 3.8) is 0 Å². The molecule has 0 saturated heterocycles. The fraction of sp³-hybridized carbons (Fsp3) is 0. The summed E-state index contributed by atoms with van der Waals surface area (Å²) in [7, 11) is -3.43. The summed E-state index contributed by atoms with van der Waals surface area (Å²) in [6.45, 7) is 0. The smallest absolute Gasteiger partial charge is 0.179 e. The van der Waals surface area contributed by atoms with Gasteiger partial charge < -0.3 is 13.7 Å². The van der Waals surface area contributed by atoms with Gasteiger partial charge >= 0.3 is 0 Å². The van der Waals surface area contributed by atoms with Gasteiger partial charge in [0, 0.05) is 49.4 Å². The Morgan fingerprint density at radius 3 is 1.00 bits per heavy atom. The number of nitrogens with zero attached hydrogens (tertiary/aromatic N) is 3. The molecule has 3 aromatic heterocycles. The summed E-state index contributed by atoms with van der Waals surface area (Å²) in [5.74, 6) is 0. The van der Waals surface area contributed by atoms with Crippen molar-refractivity contribution in [2.75, 3.05) is 0 Å². The Labute approximate surface area is 402 Å². The Morgan fingerprint density at radius 2 is 0.609 bits per heavy atom. The highest BCUT2D eigenvalue weighted by Crippen LogP contribution is 2.39. The van der Waals surface area contributed by atoms with E-state index in [0.29, 0.717) is 0 Å². The summed E-state index contributed by atoms with van der Waals surface area (Å²) in [5, 5.41) is 1.31. The summed E-state index contributed by atoms with van der Waals surface area (Å²) in [6.07, 6.45) is 0. The molecular formula is C60H41N3Si. The molecule has 3 heterocycles. The minimum absolute atomic E-state index is 0.211. The molecule has 0 saturated carbocycles. The molecule has 10 aromatic carbocycles. The molecule has 3 nitrogen and oxygen atoms in total. The summed E-state index contributed by atoms with van der Waals surface area (Å²) in [6, 6.07) is 20.1. The number of hydrogen-bond acceptors (Lipinski definition) is 0. The standard InChI is InChI=1S/C60H41N3Si/c1-4-20-45(21-5-1)64(46-22-6-2-7-23-46,47-24-8-3-9-25-47)48-26-18-19-42(39-48)61-59-37-35-43(62-55-31-14-10-27-49(55)50-28-11-15-32-56(50)62)40-53(59)54-41-44(36-38-60(54)61)63-57-33-16-12-29-51(57)52-30-13-17-34-58(52)63/h1-41H/i10D,11D,12D,13D,14D,15D,16D,17D,27D,28D,29D,30D,31D,32D,33D,34D,35D,36D,37D,38D,40D,41D. The maximum Gasteiger partial charge on any atom is 0.179 e. The van der Waals surface area contributed by atoms with Crippen LogP contribution in [0, 0.1) is 0 Å². The highest BCUT2D eigenvalue weighted by Gasteiger charge is 2.41. The Bertz CT molecular complexity index is 4710. The zero-order valence-electron chi connectivity index (χ0n) is 55.3. The number of aromatic nitrogens is 3. The first kappa shape index (κ1) is 20.8. The van der Waals surface area contributed by atoms with Crippen LogP contribution in [0.15, 0.2) is 248 Å². The topological polar surface area (TPSA) is 14.8 Å². The van der Waals surface area contributed by atoms with Crippen LogP contribution in [0.25, 0.3) is 82.5 Å². The molecule has 0 radical (unpaired) electrons. The third kappa shape index (κ3) is 5.33. The molecule has 0 atom stereocenters. The van der Waals surface area contributed by atoms with Gasteiger partial charge in [-0.2, -0.15) is 0 Å². The highest BCUT2D eigenvalue weighted by atomic mass is 28.3. The number of hydrogen-bond donors (Lipinski definition) is 0. The molecule has 0 aliphatic rings. The van der Waals surface area contributed by atoms with Crippen LogP contribution < -0.4 is 20.7 Å². The van der Waals surface area contributed by atoms with Crippen LogP contribution in [0.3, 0.4) is 0 Å². The normalized spacial score (nSPS) is 16.9. The highest BCUT2D eigenvalue weighted by molar-refractivity contribution is 7.19. The third-order valence-electron chi connectivity index (χ3n) is 11.9. The van der Waals surface area contributed by atoms with E-state index in [-0.39, 0.29) is 49.0 Å². The van der Waals surface area contributed by atoms with Gasteiger partial charge in [-0.3, -0.25) is 0 Å². The molecular weight excluding hydrogens is 791 g/mol. The molecule has 64 heavy (non-hydrogen) atoms. The first-order valence-corrected chi connectivity index (χ1v) is 22.3. The van der Waals surface area contributed by atoms with E-state index in [4.69, 9.17) is 16.4 Å². The predicted molar refractivity (Wildman–Crippen MR) is 273 cm³/mol. The van der Waals surface area contributed by atoms with Crippen molar-refractivity contribution < 1.29 is 30.2 Å². The minimum Gasteiger partial charge on any atom is -0.309 e. The second-order valence-corrected chi connectivity index (χ2v) is 19.0. The molecule has 0 spiro atoms. The predicted octanol–water partition coefficient (Wildman–Crippen LogP) is 12.4. The molecule has 0 aliphatic carbocycles. The summed E-state index contributed by atoms with van der Waals surface area (Å²) in [5.41, 5.74) is -3.57. The van der Waals surface area contributed by atoms with Crippen molar-refractivity contribution in [1.82, 2.24) is 13.7 Å². The van der Waals surface area contributed by atoms with E-state index in [2.05, 4.69) is 0 Å². The SMILES string of the molecule is [2H]c1c([2H])c([2H])c2c(c1[2H])c1c([2H])c([2H])c([2H])c([2H])c1n2-c1c([2H])c([2H])c2c(c1[2H])c1c([2H])c(-n3c4c([2H])c([2H])c([2H])c([2H])c4c4c([2H])c([2H])c([2H])c([2H])c43)c([2H])c([2H])c1n2-c1cccc([Si](c2ccccc2)(c2ccccc2)c2ccccc2)c1. The number of rotatable bonds is 7. The van der Waals surface area contributed by atoms with Gasteiger partial charge in [-0.1, -0.05) is 176 Å². The molecule has 13 rings (SSSR count). The van der Waals surface area contributed by atoms with E-state index in [1.807, 2.05) is 103 Å². The van der Waals surface area contributed by atoms with Crippen molar-refractivity contribution in [3.8, 4) is 17.1 Å². The van der Waals surface area contributed by atoms with E-state index in [9.17, 15) is 13.7 Å². The number of fused-ring (bicyclic) bond motifs is 9. The molecule has 13 aromatic rings. The summed E-state index contributed by atoms with van der Waals surface area (Å²) in [4.78, 5) is 0. The second kappa shape index (κ2) is 14.5. The molecule has 0 N–H and O–H groups in total. The fourth-order valence-electron chi connectivity index (χ4n) is 9.30. The van der Waals surface area contributed by atoms with Crippen molar-refractivity contribution >= 4 is 94.2 Å². The van der Waals surface area contributed by atoms with Gasteiger partial charge in [-0.15, -0.1) is 0 Å². The van der Waals surface area contributed by atoms with E-state index < -0.39 is 174 Å². The van der Waals surface area contributed by atoms with Gasteiger partial charge in [0.1, 0.15) is 0 Å². The lowest BCUT2D eigenvalue weighted by atomic mass is 10.1. The van der Waals surface area contributed by atoms with Crippen molar-refractivity contribution in [2.24, 2.45) is 0 Å². The Morgan fingerprint density at radius 1 is 0.281 bits per heavy atom. The van der Waals surface area contributed by atoms with Crippen LogP contribution in [0.5, 0.6) is 0 Å². The minimum atomic E-state index is -3.43. The maximum absolute atomic E-state index is 10.5. The van der Waals surface area contributed by atoms with Gasteiger partial charge in [0.15, 0.2) is 8.07 Å². The Balaban J connectivity index is 1.28. The first-order valence-electron chi connectivity index (χ1n) is 31.3. The van der Waals surface area contributed by atoms with Crippen molar-refractivity contribution in [1.29, 1.82) is 0 Å². The van der Waals surface area contributed by atoms with E-state index in [0.717, 1.165) is 29.9 Å². The largest absolute Gasteiger partial charge is 0.309 e. The third-order valence-corrected chi connectivity index (χ3v) is 16.7. The zero-order chi connectivity index (χ0) is 61.3. The Hall–Kier alpha value is -8.18. The quantitative estimate of drug-likeness (QED) is 0.112. The van der Waals surface area contributed by atoms with Gasteiger partial charge in [-0.25, -0.2) is 0 Å². The number of benzene rings is 10. The van der Waals surface area contributed by atoms with Crippen LogP contribution >= 0.6 is 0 Å².